The molecule has 0 saturated carbocycles. The highest BCUT2D eigenvalue weighted by atomic mass is 15.3. The summed E-state index contributed by atoms with van der Waals surface area (Å²) in [6, 6.07) is 2.04. The second-order valence-corrected chi connectivity index (χ2v) is 5.77. The van der Waals surface area contributed by atoms with Crippen LogP contribution in [0.25, 0.3) is 0 Å². The minimum atomic E-state index is 0.669. The number of piperazine rings is 1. The summed E-state index contributed by atoms with van der Waals surface area (Å²) < 4.78 is 0. The Morgan fingerprint density at radius 1 is 1.24 bits per heavy atom. The van der Waals surface area contributed by atoms with Gasteiger partial charge in [0, 0.05) is 44.3 Å². The molecule has 1 fully saturated rings. The maximum Gasteiger partial charge on any atom is 0.0195 e. The van der Waals surface area contributed by atoms with Crippen molar-refractivity contribution in [3.63, 3.8) is 0 Å². The first-order valence-electron chi connectivity index (χ1n) is 7.22. The monoisotopic (exact) mass is 241 g/mol. The van der Waals surface area contributed by atoms with Gasteiger partial charge in [0.1, 0.15) is 0 Å². The van der Waals surface area contributed by atoms with Crippen LogP contribution in [0.1, 0.15) is 40.5 Å². The molecule has 1 heterocycles. The number of rotatable bonds is 6. The van der Waals surface area contributed by atoms with Crippen LogP contribution >= 0.6 is 0 Å². The van der Waals surface area contributed by atoms with Gasteiger partial charge in [-0.25, -0.2) is 0 Å². The maximum absolute atomic E-state index is 3.62. The van der Waals surface area contributed by atoms with E-state index >= 15 is 0 Å². The Bertz CT molecular complexity index is 196. The van der Waals surface area contributed by atoms with Crippen molar-refractivity contribution in [2.45, 2.75) is 58.7 Å². The maximum atomic E-state index is 3.62. The van der Waals surface area contributed by atoms with Crippen molar-refractivity contribution in [1.82, 2.24) is 15.1 Å². The van der Waals surface area contributed by atoms with Crippen LogP contribution in [0.4, 0.5) is 0 Å². The summed E-state index contributed by atoms with van der Waals surface area (Å²) in [4.78, 5) is 5.09. The van der Waals surface area contributed by atoms with Crippen LogP contribution in [0.15, 0.2) is 0 Å². The zero-order valence-corrected chi connectivity index (χ0v) is 12.4. The van der Waals surface area contributed by atoms with Gasteiger partial charge in [0.25, 0.3) is 0 Å². The molecule has 102 valence electrons. The first-order chi connectivity index (χ1) is 8.04. The largest absolute Gasteiger partial charge is 0.313 e. The van der Waals surface area contributed by atoms with Crippen molar-refractivity contribution in [1.29, 1.82) is 0 Å². The van der Waals surface area contributed by atoms with E-state index in [0.717, 1.165) is 6.54 Å². The Morgan fingerprint density at radius 2 is 1.82 bits per heavy atom. The van der Waals surface area contributed by atoms with Gasteiger partial charge < -0.3 is 5.32 Å². The van der Waals surface area contributed by atoms with Crippen LogP contribution in [0.2, 0.25) is 0 Å². The van der Waals surface area contributed by atoms with Gasteiger partial charge in [0.05, 0.1) is 0 Å². The summed E-state index contributed by atoms with van der Waals surface area (Å²) in [7, 11) is 2.24. The summed E-state index contributed by atoms with van der Waals surface area (Å²) >= 11 is 0. The van der Waals surface area contributed by atoms with Gasteiger partial charge in [-0.15, -0.1) is 0 Å². The smallest absolute Gasteiger partial charge is 0.0195 e. The van der Waals surface area contributed by atoms with Crippen molar-refractivity contribution < 1.29 is 0 Å². The van der Waals surface area contributed by atoms with Crippen LogP contribution < -0.4 is 5.32 Å². The van der Waals surface area contributed by atoms with Crippen molar-refractivity contribution in [3.8, 4) is 0 Å². The van der Waals surface area contributed by atoms with Gasteiger partial charge in [-0.05, 0) is 34.2 Å². The lowest BCUT2D eigenvalue weighted by Crippen LogP contribution is -2.56. The van der Waals surface area contributed by atoms with Crippen LogP contribution in [-0.4, -0.2) is 61.2 Å². The normalized spacial score (nSPS) is 29.5. The lowest BCUT2D eigenvalue weighted by atomic mass is 10.1. The molecular weight excluding hydrogens is 210 g/mol. The van der Waals surface area contributed by atoms with Crippen LogP contribution in [0, 0.1) is 0 Å². The predicted molar refractivity (Wildman–Crippen MR) is 75.5 cm³/mol. The van der Waals surface area contributed by atoms with E-state index in [0.29, 0.717) is 18.1 Å². The third-order valence-electron chi connectivity index (χ3n) is 4.08. The highest BCUT2D eigenvalue weighted by molar-refractivity contribution is 4.82. The topological polar surface area (TPSA) is 18.5 Å². The van der Waals surface area contributed by atoms with E-state index in [1.54, 1.807) is 0 Å². The van der Waals surface area contributed by atoms with Crippen LogP contribution in [-0.2, 0) is 0 Å². The van der Waals surface area contributed by atoms with E-state index in [1.807, 2.05) is 0 Å². The third kappa shape index (κ3) is 4.94. The number of hydrogen-bond acceptors (Lipinski definition) is 3. The van der Waals surface area contributed by atoms with Crippen LogP contribution in [0.5, 0.6) is 0 Å². The summed E-state index contributed by atoms with van der Waals surface area (Å²) in [5, 5.41) is 3.62. The minimum absolute atomic E-state index is 0.669. The summed E-state index contributed by atoms with van der Waals surface area (Å²) in [5.41, 5.74) is 0. The molecule has 3 heteroatoms. The molecular formula is C14H31N3. The lowest BCUT2D eigenvalue weighted by Gasteiger charge is -2.42. The van der Waals surface area contributed by atoms with E-state index in [4.69, 9.17) is 0 Å². The average Bonchev–Trinajstić information content (AvgIpc) is 2.26. The van der Waals surface area contributed by atoms with E-state index in [-0.39, 0.29) is 0 Å². The zero-order chi connectivity index (χ0) is 12.8. The van der Waals surface area contributed by atoms with Crippen molar-refractivity contribution in [2.75, 3.05) is 33.2 Å². The van der Waals surface area contributed by atoms with Gasteiger partial charge in [-0.3, -0.25) is 9.80 Å². The SMILES string of the molecule is CCCC(C)NCCN1CC(C)N(C)C(C)C1. The zero-order valence-electron chi connectivity index (χ0n) is 12.4. The van der Waals surface area contributed by atoms with Crippen molar-refractivity contribution in [2.24, 2.45) is 0 Å². The summed E-state index contributed by atoms with van der Waals surface area (Å²) in [5.74, 6) is 0. The second-order valence-electron chi connectivity index (χ2n) is 5.77. The van der Waals surface area contributed by atoms with E-state index in [1.165, 1.54) is 32.5 Å². The number of nitrogens with zero attached hydrogens (tertiary/aromatic N) is 2. The molecule has 0 aromatic rings. The Labute approximate surface area is 108 Å². The van der Waals surface area contributed by atoms with Gasteiger partial charge in [0.2, 0.25) is 0 Å². The fourth-order valence-electron chi connectivity index (χ4n) is 2.70. The van der Waals surface area contributed by atoms with E-state index < -0.39 is 0 Å². The van der Waals surface area contributed by atoms with Crippen molar-refractivity contribution >= 4 is 0 Å². The molecule has 1 saturated heterocycles. The summed E-state index contributed by atoms with van der Waals surface area (Å²) in [6.07, 6.45) is 2.56. The van der Waals surface area contributed by atoms with Crippen molar-refractivity contribution in [3.05, 3.63) is 0 Å². The Balaban J connectivity index is 2.19. The molecule has 0 bridgehead atoms. The molecule has 17 heavy (non-hydrogen) atoms. The molecule has 0 spiro atoms. The predicted octanol–water partition coefficient (Wildman–Crippen LogP) is 1.79. The molecule has 1 aliphatic heterocycles. The van der Waals surface area contributed by atoms with Gasteiger partial charge in [0.15, 0.2) is 0 Å². The van der Waals surface area contributed by atoms with Gasteiger partial charge in [-0.1, -0.05) is 13.3 Å². The molecule has 3 nitrogen and oxygen atoms in total. The average molecular weight is 241 g/mol. The Hall–Kier alpha value is -0.120. The molecule has 1 rings (SSSR count). The quantitative estimate of drug-likeness (QED) is 0.765. The van der Waals surface area contributed by atoms with Gasteiger partial charge >= 0.3 is 0 Å². The molecule has 0 radical (unpaired) electrons. The number of likely N-dealkylation sites (N-methyl/N-ethyl adjacent to an activating group) is 1. The number of nitrogens with one attached hydrogen (secondary N) is 1. The molecule has 0 aromatic heterocycles. The molecule has 3 atom stereocenters. The number of hydrogen-bond donors (Lipinski definition) is 1. The molecule has 0 aromatic carbocycles. The Morgan fingerprint density at radius 3 is 2.35 bits per heavy atom. The molecule has 1 N–H and O–H groups in total. The lowest BCUT2D eigenvalue weighted by molar-refractivity contribution is 0.0604. The fraction of sp³-hybridized carbons (Fsp3) is 1.00. The van der Waals surface area contributed by atoms with E-state index in [9.17, 15) is 0 Å². The minimum Gasteiger partial charge on any atom is -0.313 e. The fourth-order valence-corrected chi connectivity index (χ4v) is 2.70. The first-order valence-corrected chi connectivity index (χ1v) is 7.22. The standard InChI is InChI=1S/C14H31N3/c1-6-7-12(2)15-8-9-17-10-13(3)16(5)14(4)11-17/h12-15H,6-11H2,1-5H3. The van der Waals surface area contributed by atoms with E-state index in [2.05, 4.69) is 49.9 Å². The molecule has 0 aliphatic carbocycles. The second kappa shape index (κ2) is 7.34. The Kier molecular flexibility index (Phi) is 6.45. The highest BCUT2D eigenvalue weighted by Gasteiger charge is 2.25. The highest BCUT2D eigenvalue weighted by Crippen LogP contribution is 2.12. The first kappa shape index (κ1) is 14.9. The molecule has 3 unspecified atom stereocenters. The molecule has 1 aliphatic rings. The van der Waals surface area contributed by atoms with Crippen LogP contribution in [0.3, 0.4) is 0 Å². The summed E-state index contributed by atoms with van der Waals surface area (Å²) in [6.45, 7) is 13.9. The van der Waals surface area contributed by atoms with Gasteiger partial charge in [-0.2, -0.15) is 0 Å². The third-order valence-corrected chi connectivity index (χ3v) is 4.08. The molecule has 0 amide bonds.